The predicted octanol–water partition coefficient (Wildman–Crippen LogP) is 11.6. The van der Waals surface area contributed by atoms with E-state index in [2.05, 4.69) is 160 Å². The molecule has 0 aliphatic heterocycles. The molecule has 9 rings (SSSR count). The van der Waals surface area contributed by atoms with E-state index in [-0.39, 0.29) is 10.8 Å². The topological polar surface area (TPSA) is 18.1 Å². The molecule has 2 heterocycles. The molecular formula is C42H33NO. The lowest BCUT2D eigenvalue weighted by atomic mass is 9.55. The summed E-state index contributed by atoms with van der Waals surface area (Å²) in [6, 6.07) is 46.4. The first-order valence-corrected chi connectivity index (χ1v) is 15.5. The van der Waals surface area contributed by atoms with Crippen LogP contribution in [0.4, 0.5) is 0 Å². The molecule has 8 aromatic rings. The van der Waals surface area contributed by atoms with Crippen LogP contribution in [-0.2, 0) is 10.8 Å². The normalized spacial score (nSPS) is 15.2. The Kier molecular flexibility index (Phi) is 5.05. The standard InChI is InChI=1S/C42H33NO/c1-41(2)33-23-24-38-40(32-13-7-10-16-37(32)44-38)39(33)31-22-19-27(25-34(31)42(41,3)4)26-17-20-28(21-18-26)43-35-14-8-5-11-29(35)30-12-6-9-15-36(30)43/h5-25H,1-4H3. The van der Waals surface area contributed by atoms with Crippen LogP contribution < -0.4 is 0 Å². The summed E-state index contributed by atoms with van der Waals surface area (Å²) in [6.07, 6.45) is 0. The Balaban J connectivity index is 1.22. The Bertz CT molecular complexity index is 2380. The van der Waals surface area contributed by atoms with E-state index in [1.807, 2.05) is 0 Å². The predicted molar refractivity (Wildman–Crippen MR) is 185 cm³/mol. The van der Waals surface area contributed by atoms with Gasteiger partial charge in [0.25, 0.3) is 0 Å². The molecule has 0 atom stereocenters. The van der Waals surface area contributed by atoms with E-state index in [0.29, 0.717) is 0 Å². The summed E-state index contributed by atoms with van der Waals surface area (Å²) in [4.78, 5) is 0. The number of hydrogen-bond donors (Lipinski definition) is 0. The average molecular weight is 568 g/mol. The zero-order valence-corrected chi connectivity index (χ0v) is 25.5. The van der Waals surface area contributed by atoms with Gasteiger partial charge in [-0.2, -0.15) is 0 Å². The molecule has 44 heavy (non-hydrogen) atoms. The van der Waals surface area contributed by atoms with Gasteiger partial charge in [0, 0.05) is 27.2 Å². The summed E-state index contributed by atoms with van der Waals surface area (Å²) in [5.41, 5.74) is 13.2. The number of fused-ring (bicyclic) bond motifs is 10. The van der Waals surface area contributed by atoms with Crippen molar-refractivity contribution in [2.75, 3.05) is 0 Å². The van der Waals surface area contributed by atoms with Crippen LogP contribution in [0.1, 0.15) is 38.8 Å². The number of para-hydroxylation sites is 3. The molecule has 1 aliphatic rings. The van der Waals surface area contributed by atoms with Crippen LogP contribution in [-0.4, -0.2) is 4.57 Å². The van der Waals surface area contributed by atoms with Gasteiger partial charge in [0.05, 0.1) is 11.0 Å². The molecule has 0 unspecified atom stereocenters. The van der Waals surface area contributed by atoms with Gasteiger partial charge in [0.2, 0.25) is 0 Å². The first kappa shape index (κ1) is 25.4. The van der Waals surface area contributed by atoms with E-state index in [1.165, 1.54) is 71.6 Å². The van der Waals surface area contributed by atoms with Crippen molar-refractivity contribution in [1.82, 2.24) is 4.57 Å². The zero-order chi connectivity index (χ0) is 29.8. The third-order valence-corrected chi connectivity index (χ3v) is 10.8. The van der Waals surface area contributed by atoms with Crippen molar-refractivity contribution < 1.29 is 4.42 Å². The molecule has 2 heteroatoms. The Morgan fingerprint density at radius 2 is 1.09 bits per heavy atom. The highest BCUT2D eigenvalue weighted by Crippen LogP contribution is 2.57. The van der Waals surface area contributed by atoms with Gasteiger partial charge >= 0.3 is 0 Å². The van der Waals surface area contributed by atoms with Crippen LogP contribution in [0.3, 0.4) is 0 Å². The number of hydrogen-bond acceptors (Lipinski definition) is 1. The van der Waals surface area contributed by atoms with Gasteiger partial charge in [-0.25, -0.2) is 0 Å². The van der Waals surface area contributed by atoms with Crippen molar-refractivity contribution >= 4 is 43.7 Å². The van der Waals surface area contributed by atoms with Crippen LogP contribution >= 0.6 is 0 Å². The minimum atomic E-state index is -0.0824. The highest BCUT2D eigenvalue weighted by Gasteiger charge is 2.46. The van der Waals surface area contributed by atoms with Crippen molar-refractivity contribution in [3.05, 3.63) is 139 Å². The smallest absolute Gasteiger partial charge is 0.136 e. The highest BCUT2D eigenvalue weighted by molar-refractivity contribution is 6.14. The minimum Gasteiger partial charge on any atom is -0.456 e. The number of rotatable bonds is 2. The van der Waals surface area contributed by atoms with Gasteiger partial charge in [-0.05, 0) is 86.7 Å². The summed E-state index contributed by atoms with van der Waals surface area (Å²) in [7, 11) is 0. The second-order valence-corrected chi connectivity index (χ2v) is 13.4. The number of benzene rings is 6. The summed E-state index contributed by atoms with van der Waals surface area (Å²) in [6.45, 7) is 9.61. The van der Waals surface area contributed by atoms with E-state index in [4.69, 9.17) is 4.42 Å². The largest absolute Gasteiger partial charge is 0.456 e. The molecule has 0 bridgehead atoms. The molecule has 1 aliphatic carbocycles. The van der Waals surface area contributed by atoms with Gasteiger partial charge in [0.1, 0.15) is 11.2 Å². The number of furan rings is 1. The third kappa shape index (κ3) is 3.26. The summed E-state index contributed by atoms with van der Waals surface area (Å²) < 4.78 is 8.72. The molecule has 0 fully saturated rings. The van der Waals surface area contributed by atoms with Gasteiger partial charge in [-0.15, -0.1) is 0 Å². The van der Waals surface area contributed by atoms with Crippen LogP contribution in [0.15, 0.2) is 132 Å². The number of aromatic nitrogens is 1. The van der Waals surface area contributed by atoms with Crippen molar-refractivity contribution in [3.63, 3.8) is 0 Å². The first-order chi connectivity index (χ1) is 21.3. The number of nitrogens with zero attached hydrogens (tertiary/aromatic N) is 1. The maximum atomic E-state index is 6.34. The maximum absolute atomic E-state index is 6.34. The minimum absolute atomic E-state index is 0.0819. The molecule has 0 N–H and O–H groups in total. The van der Waals surface area contributed by atoms with Gasteiger partial charge in [-0.1, -0.05) is 113 Å². The maximum Gasteiger partial charge on any atom is 0.136 e. The average Bonchev–Trinajstić information content (AvgIpc) is 3.60. The van der Waals surface area contributed by atoms with E-state index in [0.717, 1.165) is 11.2 Å². The van der Waals surface area contributed by atoms with Crippen LogP contribution in [0.5, 0.6) is 0 Å². The molecule has 212 valence electrons. The van der Waals surface area contributed by atoms with E-state index in [1.54, 1.807) is 0 Å². The second kappa shape index (κ2) is 8.74. The molecule has 0 saturated heterocycles. The SMILES string of the molecule is CC1(C)c2cc(-c3ccc(-n4c5ccccc5c5ccccc54)cc3)ccc2-c2c(ccc3oc4ccccc4c23)C1(C)C. The molecular weight excluding hydrogens is 534 g/mol. The lowest BCUT2D eigenvalue weighted by Gasteiger charge is -2.48. The molecule has 0 spiro atoms. The lowest BCUT2D eigenvalue weighted by Crippen LogP contribution is -2.43. The molecule has 2 nitrogen and oxygen atoms in total. The Hall–Kier alpha value is -5.08. The summed E-state index contributed by atoms with van der Waals surface area (Å²) in [5, 5.41) is 4.98. The van der Waals surface area contributed by atoms with E-state index >= 15 is 0 Å². The van der Waals surface area contributed by atoms with E-state index < -0.39 is 0 Å². The Morgan fingerprint density at radius 1 is 0.500 bits per heavy atom. The molecule has 6 aromatic carbocycles. The highest BCUT2D eigenvalue weighted by atomic mass is 16.3. The zero-order valence-electron chi connectivity index (χ0n) is 25.5. The van der Waals surface area contributed by atoms with Crippen molar-refractivity contribution in [2.45, 2.75) is 38.5 Å². The second-order valence-electron chi connectivity index (χ2n) is 13.4. The van der Waals surface area contributed by atoms with Gasteiger partial charge < -0.3 is 8.98 Å². The van der Waals surface area contributed by atoms with Gasteiger partial charge in [0.15, 0.2) is 0 Å². The fourth-order valence-corrected chi connectivity index (χ4v) is 7.75. The van der Waals surface area contributed by atoms with Crippen molar-refractivity contribution in [2.24, 2.45) is 0 Å². The summed E-state index contributed by atoms with van der Waals surface area (Å²) in [5.74, 6) is 0. The first-order valence-electron chi connectivity index (χ1n) is 15.5. The molecule has 0 amide bonds. The molecule has 2 aromatic heterocycles. The van der Waals surface area contributed by atoms with Gasteiger partial charge in [-0.3, -0.25) is 0 Å². The lowest BCUT2D eigenvalue weighted by molar-refractivity contribution is 0.299. The van der Waals surface area contributed by atoms with Crippen LogP contribution in [0, 0.1) is 0 Å². The Labute approximate surface area is 257 Å². The van der Waals surface area contributed by atoms with E-state index in [9.17, 15) is 0 Å². The third-order valence-electron chi connectivity index (χ3n) is 10.8. The Morgan fingerprint density at radius 3 is 1.80 bits per heavy atom. The monoisotopic (exact) mass is 567 g/mol. The van der Waals surface area contributed by atoms with Crippen LogP contribution in [0.25, 0.3) is 71.7 Å². The van der Waals surface area contributed by atoms with Crippen molar-refractivity contribution in [1.29, 1.82) is 0 Å². The van der Waals surface area contributed by atoms with Crippen LogP contribution in [0.2, 0.25) is 0 Å². The molecule has 0 saturated carbocycles. The summed E-state index contributed by atoms with van der Waals surface area (Å²) >= 11 is 0. The fraction of sp³-hybridized carbons (Fsp3) is 0.143. The molecule has 0 radical (unpaired) electrons. The quantitative estimate of drug-likeness (QED) is 0.203. The fourth-order valence-electron chi connectivity index (χ4n) is 7.75. The van der Waals surface area contributed by atoms with Crippen molar-refractivity contribution in [3.8, 4) is 27.9 Å².